The van der Waals surface area contributed by atoms with Gasteiger partial charge in [0, 0.05) is 11.1 Å². The van der Waals surface area contributed by atoms with Gasteiger partial charge in [0.1, 0.15) is 0 Å². The molecule has 1 aromatic carbocycles. The average Bonchev–Trinajstić information content (AvgIpc) is 2.15. The van der Waals surface area contributed by atoms with Gasteiger partial charge in [0.25, 0.3) is 0 Å². The predicted octanol–water partition coefficient (Wildman–Crippen LogP) is 2.72. The summed E-state index contributed by atoms with van der Waals surface area (Å²) in [6, 6.07) is 3.07. The number of rotatable bonds is 2. The summed E-state index contributed by atoms with van der Waals surface area (Å²) in [5.41, 5.74) is -1.89. The van der Waals surface area contributed by atoms with Crippen LogP contribution in [0.3, 0.4) is 0 Å². The Morgan fingerprint density at radius 2 is 1.93 bits per heavy atom. The zero-order valence-corrected chi connectivity index (χ0v) is 7.76. The van der Waals surface area contributed by atoms with Gasteiger partial charge in [0.15, 0.2) is 12.1 Å². The Balaban J connectivity index is 3.48. The van der Waals surface area contributed by atoms with E-state index in [2.05, 4.69) is 0 Å². The first-order valence-corrected chi connectivity index (χ1v) is 4.04. The van der Waals surface area contributed by atoms with Crippen molar-refractivity contribution in [3.63, 3.8) is 0 Å². The second-order valence-electron chi connectivity index (χ2n) is 2.94. The number of carbonyl (C=O) groups is 2. The van der Waals surface area contributed by atoms with Crippen molar-refractivity contribution in [2.24, 2.45) is 0 Å². The van der Waals surface area contributed by atoms with Gasteiger partial charge in [-0.1, -0.05) is 12.1 Å². The van der Waals surface area contributed by atoms with E-state index in [4.69, 9.17) is 0 Å². The highest BCUT2D eigenvalue weighted by Crippen LogP contribution is 2.32. The Hall–Kier alpha value is -1.65. The summed E-state index contributed by atoms with van der Waals surface area (Å²) in [6.45, 7) is 1.11. The Morgan fingerprint density at radius 1 is 1.33 bits per heavy atom. The lowest BCUT2D eigenvalue weighted by molar-refractivity contribution is -0.137. The molecule has 0 amide bonds. The first kappa shape index (κ1) is 11.4. The molecule has 1 aromatic rings. The van der Waals surface area contributed by atoms with Gasteiger partial charge < -0.3 is 0 Å². The van der Waals surface area contributed by atoms with E-state index in [1.54, 1.807) is 0 Å². The van der Waals surface area contributed by atoms with Crippen molar-refractivity contribution < 1.29 is 22.8 Å². The van der Waals surface area contributed by atoms with Crippen molar-refractivity contribution in [1.82, 2.24) is 0 Å². The number of halogens is 3. The molecule has 15 heavy (non-hydrogen) atoms. The third-order valence-corrected chi connectivity index (χ3v) is 1.91. The van der Waals surface area contributed by atoms with Crippen LogP contribution in [0.15, 0.2) is 18.2 Å². The topological polar surface area (TPSA) is 34.1 Å². The molecule has 0 atom stereocenters. The van der Waals surface area contributed by atoms with Crippen molar-refractivity contribution in [2.45, 2.75) is 13.1 Å². The number of Topliss-reactive ketones (excluding diaryl/α,β-unsaturated/α-hetero) is 1. The van der Waals surface area contributed by atoms with Crippen LogP contribution in [0.2, 0.25) is 0 Å². The Morgan fingerprint density at radius 3 is 2.33 bits per heavy atom. The van der Waals surface area contributed by atoms with Crippen LogP contribution in [0.25, 0.3) is 0 Å². The molecule has 0 spiro atoms. The van der Waals surface area contributed by atoms with Crippen LogP contribution >= 0.6 is 0 Å². The number of aldehydes is 1. The standard InChI is InChI=1S/C10H7F3O2/c1-6(15)7-3-2-4-9(8(7)5-14)10(11,12)13/h2-5H,1H3. The molecule has 0 saturated heterocycles. The van der Waals surface area contributed by atoms with E-state index in [0.717, 1.165) is 19.1 Å². The molecule has 2 nitrogen and oxygen atoms in total. The van der Waals surface area contributed by atoms with Gasteiger partial charge in [0.2, 0.25) is 0 Å². The van der Waals surface area contributed by atoms with Crippen LogP contribution in [-0.2, 0) is 6.18 Å². The lowest BCUT2D eigenvalue weighted by Gasteiger charge is -2.11. The van der Waals surface area contributed by atoms with Crippen LogP contribution in [0.4, 0.5) is 13.2 Å². The molecule has 0 radical (unpaired) electrons. The lowest BCUT2D eigenvalue weighted by Crippen LogP contribution is -2.12. The molecule has 0 aromatic heterocycles. The number of ketones is 1. The molecule has 0 aliphatic heterocycles. The van der Waals surface area contributed by atoms with Crippen LogP contribution in [0.5, 0.6) is 0 Å². The van der Waals surface area contributed by atoms with E-state index in [-0.39, 0.29) is 11.8 Å². The number of hydrogen-bond donors (Lipinski definition) is 0. The summed E-state index contributed by atoms with van der Waals surface area (Å²) in [5, 5.41) is 0. The summed E-state index contributed by atoms with van der Waals surface area (Å²) < 4.78 is 37.2. The molecule has 80 valence electrons. The van der Waals surface area contributed by atoms with E-state index >= 15 is 0 Å². The van der Waals surface area contributed by atoms with Gasteiger partial charge in [0.05, 0.1) is 5.56 Å². The maximum atomic E-state index is 12.4. The highest BCUT2D eigenvalue weighted by molar-refractivity contribution is 6.02. The third kappa shape index (κ3) is 2.23. The van der Waals surface area contributed by atoms with Crippen molar-refractivity contribution in [2.75, 3.05) is 0 Å². The summed E-state index contributed by atoms with van der Waals surface area (Å²) >= 11 is 0. The fraction of sp³-hybridized carbons (Fsp3) is 0.200. The highest BCUT2D eigenvalue weighted by Gasteiger charge is 2.34. The fourth-order valence-corrected chi connectivity index (χ4v) is 1.25. The highest BCUT2D eigenvalue weighted by atomic mass is 19.4. The minimum Gasteiger partial charge on any atom is -0.298 e. The molecule has 1 rings (SSSR count). The number of alkyl halides is 3. The number of carbonyl (C=O) groups excluding carboxylic acids is 2. The first-order chi connectivity index (χ1) is 6.88. The summed E-state index contributed by atoms with van der Waals surface area (Å²) in [7, 11) is 0. The van der Waals surface area contributed by atoms with Gasteiger partial charge in [-0.25, -0.2) is 0 Å². The van der Waals surface area contributed by atoms with Gasteiger partial charge in [-0.05, 0) is 13.0 Å². The largest absolute Gasteiger partial charge is 0.417 e. The minimum absolute atomic E-state index is 0.0551. The van der Waals surface area contributed by atoms with E-state index in [0.29, 0.717) is 0 Å². The molecule has 0 unspecified atom stereocenters. The second kappa shape index (κ2) is 3.84. The smallest absolute Gasteiger partial charge is 0.298 e. The van der Waals surface area contributed by atoms with Gasteiger partial charge >= 0.3 is 6.18 Å². The second-order valence-corrected chi connectivity index (χ2v) is 2.94. The maximum absolute atomic E-state index is 12.4. The molecular weight excluding hydrogens is 209 g/mol. The molecular formula is C10H7F3O2. The Kier molecular flexibility index (Phi) is 2.93. The summed E-state index contributed by atoms with van der Waals surface area (Å²) in [4.78, 5) is 21.5. The molecule has 0 aliphatic rings. The van der Waals surface area contributed by atoms with Crippen LogP contribution in [0.1, 0.15) is 33.2 Å². The van der Waals surface area contributed by atoms with Gasteiger partial charge in [-0.2, -0.15) is 13.2 Å². The van der Waals surface area contributed by atoms with Crippen molar-refractivity contribution in [3.05, 3.63) is 34.9 Å². The van der Waals surface area contributed by atoms with Crippen molar-refractivity contribution in [3.8, 4) is 0 Å². The molecule has 0 fully saturated rings. The monoisotopic (exact) mass is 216 g/mol. The van der Waals surface area contributed by atoms with Gasteiger partial charge in [-0.15, -0.1) is 0 Å². The summed E-state index contributed by atoms with van der Waals surface area (Å²) in [6.07, 6.45) is -4.57. The average molecular weight is 216 g/mol. The van der Waals surface area contributed by atoms with E-state index in [9.17, 15) is 22.8 Å². The molecule has 0 bridgehead atoms. The van der Waals surface area contributed by atoms with Crippen LogP contribution in [-0.4, -0.2) is 12.1 Å². The van der Waals surface area contributed by atoms with Crippen LogP contribution < -0.4 is 0 Å². The third-order valence-electron chi connectivity index (χ3n) is 1.91. The number of hydrogen-bond acceptors (Lipinski definition) is 2. The zero-order valence-electron chi connectivity index (χ0n) is 7.76. The minimum atomic E-state index is -4.62. The predicted molar refractivity (Wildman–Crippen MR) is 46.8 cm³/mol. The quantitative estimate of drug-likeness (QED) is 0.562. The zero-order chi connectivity index (χ0) is 11.6. The van der Waals surface area contributed by atoms with Gasteiger partial charge in [-0.3, -0.25) is 9.59 Å². The SMILES string of the molecule is CC(=O)c1cccc(C(F)(F)F)c1C=O. The van der Waals surface area contributed by atoms with E-state index in [1.165, 1.54) is 6.07 Å². The lowest BCUT2D eigenvalue weighted by atomic mass is 9.99. The first-order valence-electron chi connectivity index (χ1n) is 4.04. The Bertz CT molecular complexity index is 408. The van der Waals surface area contributed by atoms with Crippen molar-refractivity contribution in [1.29, 1.82) is 0 Å². The van der Waals surface area contributed by atoms with Crippen molar-refractivity contribution >= 4 is 12.1 Å². The molecule has 0 aliphatic carbocycles. The van der Waals surface area contributed by atoms with E-state index in [1.807, 2.05) is 0 Å². The molecule has 0 heterocycles. The van der Waals surface area contributed by atoms with Crippen LogP contribution in [0, 0.1) is 0 Å². The molecule has 0 saturated carbocycles. The normalized spacial score (nSPS) is 11.2. The maximum Gasteiger partial charge on any atom is 0.417 e. The molecule has 5 heteroatoms. The summed E-state index contributed by atoms with van der Waals surface area (Å²) in [5.74, 6) is -0.566. The number of benzene rings is 1. The van der Waals surface area contributed by atoms with E-state index < -0.39 is 23.1 Å². The fourth-order valence-electron chi connectivity index (χ4n) is 1.25. The Labute approximate surface area is 83.7 Å². The molecule has 0 N–H and O–H groups in total.